The van der Waals surface area contributed by atoms with Crippen LogP contribution in [0.2, 0.25) is 0 Å². The SMILES string of the molecule is Cc1cccc(C)c1-c1cc(-c2ccccc2O)nc(-c2cc(-c3nc4ccccn4c3-c3ccccc3)cc3c2oc2ccccc23)c1. The average molecular weight is 634 g/mol. The first-order valence-electron chi connectivity index (χ1n) is 16.4. The van der Waals surface area contributed by atoms with E-state index < -0.39 is 0 Å². The number of aryl methyl sites for hydroxylation is 2. The fraction of sp³-hybridized carbons (Fsp3) is 0.0455. The summed E-state index contributed by atoms with van der Waals surface area (Å²) in [6.45, 7) is 4.27. The van der Waals surface area contributed by atoms with Crippen LogP contribution in [0, 0.1) is 13.8 Å². The van der Waals surface area contributed by atoms with Crippen molar-refractivity contribution in [3.05, 3.63) is 157 Å². The van der Waals surface area contributed by atoms with Gasteiger partial charge in [-0.1, -0.05) is 84.9 Å². The Balaban J connectivity index is 1.39. The Kier molecular flexibility index (Phi) is 6.66. The van der Waals surface area contributed by atoms with Gasteiger partial charge in [0.25, 0.3) is 0 Å². The van der Waals surface area contributed by atoms with Crippen molar-refractivity contribution < 1.29 is 9.52 Å². The van der Waals surface area contributed by atoms with Crippen LogP contribution in [-0.2, 0) is 0 Å². The predicted molar refractivity (Wildman–Crippen MR) is 199 cm³/mol. The number of hydrogen-bond donors (Lipinski definition) is 1. The van der Waals surface area contributed by atoms with E-state index in [0.717, 1.165) is 72.5 Å². The molecule has 0 saturated carbocycles. The molecule has 0 amide bonds. The van der Waals surface area contributed by atoms with Crippen molar-refractivity contribution in [2.24, 2.45) is 0 Å². The summed E-state index contributed by atoms with van der Waals surface area (Å²) in [5, 5.41) is 13.0. The van der Waals surface area contributed by atoms with Gasteiger partial charge in [0.2, 0.25) is 0 Å². The Hall–Kier alpha value is -6.46. The van der Waals surface area contributed by atoms with Crippen LogP contribution in [0.3, 0.4) is 0 Å². The number of rotatable bonds is 5. The molecule has 0 aliphatic carbocycles. The molecule has 0 spiro atoms. The van der Waals surface area contributed by atoms with Crippen molar-refractivity contribution in [3.8, 4) is 61.9 Å². The molecular formula is C44H31N3O2. The molecule has 9 rings (SSSR count). The zero-order valence-corrected chi connectivity index (χ0v) is 27.1. The third kappa shape index (κ3) is 4.78. The Morgan fingerprint density at radius 2 is 1.29 bits per heavy atom. The highest BCUT2D eigenvalue weighted by molar-refractivity contribution is 6.11. The number of benzene rings is 5. The topological polar surface area (TPSA) is 63.6 Å². The van der Waals surface area contributed by atoms with Crippen molar-refractivity contribution in [3.63, 3.8) is 0 Å². The minimum absolute atomic E-state index is 0.180. The molecular weight excluding hydrogens is 603 g/mol. The van der Waals surface area contributed by atoms with Crippen LogP contribution in [0.4, 0.5) is 0 Å². The maximum atomic E-state index is 11.0. The summed E-state index contributed by atoms with van der Waals surface area (Å²) in [5.74, 6) is 0.180. The Labute approximate surface area is 283 Å². The molecule has 4 aromatic heterocycles. The highest BCUT2D eigenvalue weighted by Crippen LogP contribution is 2.43. The lowest BCUT2D eigenvalue weighted by Crippen LogP contribution is -1.95. The van der Waals surface area contributed by atoms with E-state index in [1.54, 1.807) is 6.07 Å². The molecule has 9 aromatic rings. The molecule has 49 heavy (non-hydrogen) atoms. The molecule has 0 fully saturated rings. The lowest BCUT2D eigenvalue weighted by Gasteiger charge is -2.15. The van der Waals surface area contributed by atoms with Gasteiger partial charge in [-0.05, 0) is 90.7 Å². The molecule has 5 heteroatoms. The first-order chi connectivity index (χ1) is 24.0. The van der Waals surface area contributed by atoms with E-state index in [1.165, 1.54) is 11.1 Å². The fourth-order valence-corrected chi connectivity index (χ4v) is 7.13. The van der Waals surface area contributed by atoms with Crippen LogP contribution >= 0.6 is 0 Å². The molecule has 0 radical (unpaired) electrons. The molecule has 0 aliphatic heterocycles. The number of imidazole rings is 1. The van der Waals surface area contributed by atoms with E-state index in [-0.39, 0.29) is 5.75 Å². The molecule has 0 saturated heterocycles. The van der Waals surface area contributed by atoms with E-state index in [4.69, 9.17) is 14.4 Å². The van der Waals surface area contributed by atoms with Gasteiger partial charge in [-0.15, -0.1) is 0 Å². The van der Waals surface area contributed by atoms with Gasteiger partial charge >= 0.3 is 0 Å². The highest BCUT2D eigenvalue weighted by atomic mass is 16.3. The summed E-state index contributed by atoms with van der Waals surface area (Å²) >= 11 is 0. The molecule has 0 unspecified atom stereocenters. The smallest absolute Gasteiger partial charge is 0.144 e. The molecule has 5 aromatic carbocycles. The molecule has 234 valence electrons. The molecule has 5 nitrogen and oxygen atoms in total. The van der Waals surface area contributed by atoms with Crippen molar-refractivity contribution in [1.29, 1.82) is 0 Å². The van der Waals surface area contributed by atoms with Gasteiger partial charge in [0, 0.05) is 39.2 Å². The quantitative estimate of drug-likeness (QED) is 0.205. The average Bonchev–Trinajstić information content (AvgIpc) is 3.71. The number of pyridine rings is 2. The van der Waals surface area contributed by atoms with E-state index >= 15 is 0 Å². The zero-order chi connectivity index (χ0) is 33.1. The molecule has 0 atom stereocenters. The maximum Gasteiger partial charge on any atom is 0.144 e. The van der Waals surface area contributed by atoms with E-state index in [1.807, 2.05) is 60.7 Å². The third-order valence-corrected chi connectivity index (χ3v) is 9.38. The number of aromatic nitrogens is 3. The van der Waals surface area contributed by atoms with Crippen LogP contribution in [0.15, 0.2) is 150 Å². The maximum absolute atomic E-state index is 11.0. The summed E-state index contributed by atoms with van der Waals surface area (Å²) in [5.41, 5.74) is 13.8. The number of furan rings is 1. The number of para-hydroxylation sites is 2. The molecule has 0 aliphatic rings. The largest absolute Gasteiger partial charge is 0.507 e. The summed E-state index contributed by atoms with van der Waals surface area (Å²) in [4.78, 5) is 10.5. The van der Waals surface area contributed by atoms with Crippen LogP contribution in [0.5, 0.6) is 5.75 Å². The monoisotopic (exact) mass is 633 g/mol. The number of fused-ring (bicyclic) bond motifs is 4. The van der Waals surface area contributed by atoms with Crippen molar-refractivity contribution >= 4 is 27.6 Å². The highest BCUT2D eigenvalue weighted by Gasteiger charge is 2.22. The Morgan fingerprint density at radius 1 is 0.571 bits per heavy atom. The Bertz CT molecular complexity index is 2680. The zero-order valence-electron chi connectivity index (χ0n) is 27.1. The Morgan fingerprint density at radius 3 is 2.10 bits per heavy atom. The number of phenolic OH excluding ortho intramolecular Hbond substituents is 1. The minimum atomic E-state index is 0.180. The molecule has 1 N–H and O–H groups in total. The van der Waals surface area contributed by atoms with E-state index in [0.29, 0.717) is 11.3 Å². The van der Waals surface area contributed by atoms with Crippen molar-refractivity contribution in [2.45, 2.75) is 13.8 Å². The number of aromatic hydroxyl groups is 1. The van der Waals surface area contributed by atoms with Crippen molar-refractivity contribution in [1.82, 2.24) is 14.4 Å². The standard InChI is InChI=1S/C44H31N3O2/c1-27-13-12-14-28(2)41(27)30-25-36(33-18-6-8-19-38(33)48)45-37(26-30)35-24-31(23-34-32-17-7-9-20-39(32)49-44(34)35)42-43(29-15-4-3-5-16-29)47-22-11-10-21-40(47)46-42/h3-26,48H,1-2H3. The first-order valence-corrected chi connectivity index (χ1v) is 16.4. The van der Waals surface area contributed by atoms with Gasteiger partial charge < -0.3 is 9.52 Å². The van der Waals surface area contributed by atoms with Crippen LogP contribution in [0.25, 0.3) is 83.7 Å². The van der Waals surface area contributed by atoms with Gasteiger partial charge in [0.05, 0.1) is 22.8 Å². The third-order valence-electron chi connectivity index (χ3n) is 9.38. The molecule has 0 bridgehead atoms. The number of hydrogen-bond acceptors (Lipinski definition) is 4. The second-order valence-electron chi connectivity index (χ2n) is 12.5. The summed E-state index contributed by atoms with van der Waals surface area (Å²) < 4.78 is 8.80. The van der Waals surface area contributed by atoms with Crippen LogP contribution < -0.4 is 0 Å². The summed E-state index contributed by atoms with van der Waals surface area (Å²) in [7, 11) is 0. The summed E-state index contributed by atoms with van der Waals surface area (Å²) in [6.07, 6.45) is 2.06. The normalized spacial score (nSPS) is 11.6. The lowest BCUT2D eigenvalue weighted by atomic mass is 9.92. The van der Waals surface area contributed by atoms with Crippen LogP contribution in [0.1, 0.15) is 11.1 Å². The second kappa shape index (κ2) is 11.4. The van der Waals surface area contributed by atoms with Gasteiger partial charge in [-0.2, -0.15) is 0 Å². The van der Waals surface area contributed by atoms with Gasteiger partial charge in [-0.3, -0.25) is 4.40 Å². The first kappa shape index (κ1) is 28.7. The number of phenols is 1. The van der Waals surface area contributed by atoms with Gasteiger partial charge in [-0.25, -0.2) is 9.97 Å². The van der Waals surface area contributed by atoms with Crippen molar-refractivity contribution in [2.75, 3.05) is 0 Å². The lowest BCUT2D eigenvalue weighted by molar-refractivity contribution is 0.477. The minimum Gasteiger partial charge on any atom is -0.507 e. The molecule has 4 heterocycles. The van der Waals surface area contributed by atoms with Gasteiger partial charge in [0.1, 0.15) is 22.6 Å². The van der Waals surface area contributed by atoms with Gasteiger partial charge in [0.15, 0.2) is 0 Å². The van der Waals surface area contributed by atoms with E-state index in [9.17, 15) is 5.11 Å². The fourth-order valence-electron chi connectivity index (χ4n) is 7.13. The van der Waals surface area contributed by atoms with Crippen LogP contribution in [-0.4, -0.2) is 19.5 Å². The second-order valence-corrected chi connectivity index (χ2v) is 12.5. The summed E-state index contributed by atoms with van der Waals surface area (Å²) in [6, 6.07) is 46.9. The predicted octanol–water partition coefficient (Wildman–Crippen LogP) is 11.3. The van der Waals surface area contributed by atoms with E-state index in [2.05, 4.69) is 97.2 Å². The number of nitrogens with zero attached hydrogens (tertiary/aromatic N) is 3.